The molecule has 0 spiro atoms. The van der Waals surface area contributed by atoms with Crippen LogP contribution in [0.4, 0.5) is 0 Å². The van der Waals surface area contributed by atoms with E-state index in [1.54, 1.807) is 7.11 Å². The number of rotatable bonds is 12. The Hall–Kier alpha value is 0.800. The topological polar surface area (TPSA) is 115 Å². The maximum absolute atomic E-state index is 5.77. The fraction of sp³-hybridized carbons (Fsp3) is 1.00. The molecule has 0 aliphatic heterocycles. The van der Waals surface area contributed by atoms with E-state index in [-0.39, 0.29) is 18.1 Å². The van der Waals surface area contributed by atoms with Gasteiger partial charge < -0.3 is 0 Å². The van der Waals surface area contributed by atoms with Crippen LogP contribution in [0.25, 0.3) is 0 Å². The van der Waals surface area contributed by atoms with Crippen LogP contribution in [0.1, 0.15) is 20.8 Å². The molecule has 0 saturated carbocycles. The van der Waals surface area contributed by atoms with Crippen molar-refractivity contribution in [3.8, 4) is 0 Å². The van der Waals surface area contributed by atoms with Crippen molar-refractivity contribution in [3.63, 3.8) is 0 Å². The summed E-state index contributed by atoms with van der Waals surface area (Å²) in [5.74, 6) is 0. The normalized spacial score (nSPS) is 21.1. The van der Waals surface area contributed by atoms with Crippen LogP contribution in [0, 0.1) is 0 Å². The van der Waals surface area contributed by atoms with E-state index in [0.717, 1.165) is 0 Å². The zero-order chi connectivity index (χ0) is 15.6. The molecule has 0 amide bonds. The fourth-order valence-corrected chi connectivity index (χ4v) is 6.52. The predicted molar refractivity (Wildman–Crippen MR) is 78.3 cm³/mol. The van der Waals surface area contributed by atoms with Crippen LogP contribution in [0.5, 0.6) is 0 Å². The molecule has 0 aromatic heterocycles. The predicted octanol–water partition coefficient (Wildman–Crippen LogP) is -2.76. The van der Waals surface area contributed by atoms with Crippen molar-refractivity contribution in [2.75, 3.05) is 30.7 Å². The van der Waals surface area contributed by atoms with E-state index in [0.29, 0.717) is 23.6 Å². The van der Waals surface area contributed by atoms with Gasteiger partial charge in [-0.15, -0.1) is 0 Å². The van der Waals surface area contributed by atoms with Crippen molar-refractivity contribution in [1.82, 2.24) is 0 Å². The molecule has 6 N–H and O–H groups in total. The molecule has 20 heavy (non-hydrogen) atoms. The van der Waals surface area contributed by atoms with E-state index in [2.05, 4.69) is 0 Å². The molecule has 0 heterocycles. The van der Waals surface area contributed by atoms with Crippen LogP contribution in [0.2, 0.25) is 0 Å². The van der Waals surface area contributed by atoms with E-state index in [1.165, 1.54) is 0 Å². The Morgan fingerprint density at radius 3 is 1.70 bits per heavy atom. The Balaban J connectivity index is 4.39. The number of nitrogens with two attached hydrogens (primary N) is 3. The summed E-state index contributed by atoms with van der Waals surface area (Å²) in [6.45, 7) is 6.92. The number of hydrogen-bond acceptors (Lipinski definition) is 7. The van der Waals surface area contributed by atoms with Gasteiger partial charge in [-0.2, -0.15) is 0 Å². The van der Waals surface area contributed by atoms with E-state index in [4.69, 9.17) is 32.8 Å². The molecule has 0 rings (SSSR count). The molecule has 126 valence electrons. The first-order valence-corrected chi connectivity index (χ1v) is 10.4. The summed E-state index contributed by atoms with van der Waals surface area (Å²) in [6.07, 6.45) is 0. The second-order valence-electron chi connectivity index (χ2n) is 4.72. The quantitative estimate of drug-likeness (QED) is 0.176. The molecule has 0 radical (unpaired) electrons. The van der Waals surface area contributed by atoms with Crippen molar-refractivity contribution in [3.05, 3.63) is 0 Å². The van der Waals surface area contributed by atoms with Gasteiger partial charge in [0.25, 0.3) is 0 Å². The van der Waals surface area contributed by atoms with E-state index in [1.807, 2.05) is 20.8 Å². The van der Waals surface area contributed by atoms with Gasteiger partial charge in [-0.3, -0.25) is 0 Å². The van der Waals surface area contributed by atoms with Crippen LogP contribution in [0.3, 0.4) is 0 Å². The molecule has 0 aliphatic carbocycles. The average molecular weight is 426 g/mol. The molecular formula is C11H29IN3O4S-. The third-order valence-corrected chi connectivity index (χ3v) is 7.56. The molecule has 3 atom stereocenters. The van der Waals surface area contributed by atoms with Gasteiger partial charge in [0.1, 0.15) is 0 Å². The Kier molecular flexibility index (Phi) is 11.8. The molecule has 0 aromatic carbocycles. The molecule has 7 nitrogen and oxygen atoms in total. The summed E-state index contributed by atoms with van der Waals surface area (Å²) in [5.41, 5.74) is 17.1. The molecular weight excluding hydrogens is 397 g/mol. The van der Waals surface area contributed by atoms with Gasteiger partial charge >= 0.3 is 135 Å². The van der Waals surface area contributed by atoms with Crippen molar-refractivity contribution < 1.29 is 37.2 Å². The minimum absolute atomic E-state index is 0.0246. The Bertz CT molecular complexity index is 236. The summed E-state index contributed by atoms with van der Waals surface area (Å²) in [5, 5.41) is 0. The van der Waals surface area contributed by atoms with Crippen LogP contribution >= 0.6 is 10.9 Å². The van der Waals surface area contributed by atoms with Crippen LogP contribution < -0.4 is 38.8 Å². The minimum atomic E-state index is -2.10. The second-order valence-corrected chi connectivity index (χ2v) is 9.97. The average Bonchev–Trinajstić information content (AvgIpc) is 2.36. The van der Waals surface area contributed by atoms with Gasteiger partial charge in [0, 0.05) is 0 Å². The monoisotopic (exact) mass is 426 g/mol. The van der Waals surface area contributed by atoms with Crippen LogP contribution in [-0.2, 0) is 15.6 Å². The summed E-state index contributed by atoms with van der Waals surface area (Å²) in [6, 6.07) is -0.144. The van der Waals surface area contributed by atoms with Gasteiger partial charge in [0.05, 0.1) is 0 Å². The third-order valence-electron chi connectivity index (χ3n) is 1.86. The van der Waals surface area contributed by atoms with Gasteiger partial charge in [0.15, 0.2) is 0 Å². The molecule has 0 aliphatic rings. The molecule has 3 unspecified atom stereocenters. The molecule has 0 fully saturated rings. The standard InChI is InChI=1S/C11H29IN3O4S/c1-9(13)5-17-12-8-20(16-4,18-6-10(2)14)19-7-11(3)15/h9-11H,5-8,13-15H2,1-4H3/q-1. The maximum atomic E-state index is 5.77. The van der Waals surface area contributed by atoms with Crippen molar-refractivity contribution in [2.45, 2.75) is 38.9 Å². The van der Waals surface area contributed by atoms with Gasteiger partial charge in [-0.1, -0.05) is 0 Å². The van der Waals surface area contributed by atoms with Crippen molar-refractivity contribution in [1.29, 1.82) is 0 Å². The second kappa shape index (κ2) is 11.4. The number of alkyl halides is 1. The Morgan fingerprint density at radius 1 is 0.900 bits per heavy atom. The molecule has 0 aromatic rings. The van der Waals surface area contributed by atoms with Crippen molar-refractivity contribution in [2.24, 2.45) is 17.2 Å². The first-order valence-electron chi connectivity index (χ1n) is 6.44. The summed E-state index contributed by atoms with van der Waals surface area (Å²) < 4.78 is 23.2. The summed E-state index contributed by atoms with van der Waals surface area (Å²) in [4.78, 5) is 0. The zero-order valence-corrected chi connectivity index (χ0v) is 15.7. The van der Waals surface area contributed by atoms with Gasteiger partial charge in [-0.25, -0.2) is 0 Å². The number of halogens is 1. The first kappa shape index (κ1) is 20.8. The molecule has 9 heteroatoms. The zero-order valence-electron chi connectivity index (χ0n) is 12.7. The Morgan fingerprint density at radius 2 is 1.35 bits per heavy atom. The van der Waals surface area contributed by atoms with E-state index < -0.39 is 32.5 Å². The third kappa shape index (κ3) is 10.5. The Labute approximate surface area is 134 Å². The first-order chi connectivity index (χ1) is 9.31. The van der Waals surface area contributed by atoms with Gasteiger partial charge in [0.2, 0.25) is 0 Å². The van der Waals surface area contributed by atoms with Crippen LogP contribution in [0.15, 0.2) is 0 Å². The van der Waals surface area contributed by atoms with Crippen molar-refractivity contribution >= 4 is 10.9 Å². The summed E-state index contributed by atoms with van der Waals surface area (Å²) >= 11 is -0.569. The molecule has 0 saturated heterocycles. The SMILES string of the molecule is COS(C[I-]OCC(C)N)(OCC(C)N)OCC(C)N. The summed E-state index contributed by atoms with van der Waals surface area (Å²) in [7, 11) is -0.523. The fourth-order valence-electron chi connectivity index (χ4n) is 0.890. The van der Waals surface area contributed by atoms with E-state index in [9.17, 15) is 0 Å². The number of hydrogen-bond donors (Lipinski definition) is 3. The molecule has 0 bridgehead atoms. The van der Waals surface area contributed by atoms with Gasteiger partial charge in [-0.05, 0) is 0 Å². The van der Waals surface area contributed by atoms with E-state index >= 15 is 0 Å². The van der Waals surface area contributed by atoms with Crippen LogP contribution in [-0.4, -0.2) is 48.8 Å².